The SMILES string of the molecule is O=C(Nc1ccc([N+](=O)[O-])cc1C(F)(F)F)c1cccs1. The highest BCUT2D eigenvalue weighted by atomic mass is 32.1. The highest BCUT2D eigenvalue weighted by molar-refractivity contribution is 7.12. The Morgan fingerprint density at radius 1 is 1.29 bits per heavy atom. The molecule has 5 nitrogen and oxygen atoms in total. The smallest absolute Gasteiger partial charge is 0.321 e. The molecule has 0 bridgehead atoms. The van der Waals surface area contributed by atoms with Gasteiger partial charge in [0.1, 0.15) is 0 Å². The molecular formula is C12H7F3N2O3S. The van der Waals surface area contributed by atoms with Crippen LogP contribution in [-0.2, 0) is 6.18 Å². The second-order valence-electron chi connectivity index (χ2n) is 3.92. The van der Waals surface area contributed by atoms with E-state index in [1.54, 1.807) is 11.4 Å². The molecule has 21 heavy (non-hydrogen) atoms. The van der Waals surface area contributed by atoms with Gasteiger partial charge in [0.25, 0.3) is 11.6 Å². The van der Waals surface area contributed by atoms with Crippen molar-refractivity contribution in [2.75, 3.05) is 5.32 Å². The second kappa shape index (κ2) is 5.52. The maximum atomic E-state index is 12.9. The number of anilines is 1. The molecule has 0 aliphatic carbocycles. The van der Waals surface area contributed by atoms with Crippen molar-refractivity contribution in [2.24, 2.45) is 0 Å². The van der Waals surface area contributed by atoms with Gasteiger partial charge in [0.05, 0.1) is 21.1 Å². The maximum absolute atomic E-state index is 12.9. The Morgan fingerprint density at radius 2 is 2.00 bits per heavy atom. The molecule has 0 unspecified atom stereocenters. The number of carbonyl (C=O) groups is 1. The number of hydrogen-bond donors (Lipinski definition) is 1. The van der Waals surface area contributed by atoms with Crippen molar-refractivity contribution in [1.29, 1.82) is 0 Å². The minimum Gasteiger partial charge on any atom is -0.321 e. The largest absolute Gasteiger partial charge is 0.418 e. The second-order valence-corrected chi connectivity index (χ2v) is 4.86. The summed E-state index contributed by atoms with van der Waals surface area (Å²) in [7, 11) is 0. The number of carbonyl (C=O) groups excluding carboxylic acids is 1. The average molecular weight is 316 g/mol. The molecule has 1 N–H and O–H groups in total. The lowest BCUT2D eigenvalue weighted by atomic mass is 10.1. The predicted octanol–water partition coefficient (Wildman–Crippen LogP) is 3.93. The number of nitro benzene ring substituents is 1. The molecule has 110 valence electrons. The molecule has 1 heterocycles. The Hall–Kier alpha value is -2.42. The molecule has 0 atom stereocenters. The lowest BCUT2D eigenvalue weighted by Gasteiger charge is -2.13. The van der Waals surface area contributed by atoms with Crippen molar-refractivity contribution in [1.82, 2.24) is 0 Å². The summed E-state index contributed by atoms with van der Waals surface area (Å²) in [6, 6.07) is 5.20. The third kappa shape index (κ3) is 3.37. The number of nitrogens with zero attached hydrogens (tertiary/aromatic N) is 1. The topological polar surface area (TPSA) is 72.2 Å². The summed E-state index contributed by atoms with van der Waals surface area (Å²) in [6.45, 7) is 0. The van der Waals surface area contributed by atoms with Gasteiger partial charge in [-0.15, -0.1) is 11.3 Å². The molecule has 2 aromatic rings. The molecule has 0 spiro atoms. The van der Waals surface area contributed by atoms with Gasteiger partial charge in [-0.3, -0.25) is 14.9 Å². The summed E-state index contributed by atoms with van der Waals surface area (Å²) >= 11 is 1.07. The first-order valence-electron chi connectivity index (χ1n) is 5.49. The Balaban J connectivity index is 2.39. The summed E-state index contributed by atoms with van der Waals surface area (Å²) in [5.74, 6) is -0.704. The van der Waals surface area contributed by atoms with Gasteiger partial charge in [0.2, 0.25) is 0 Å². The molecule has 0 radical (unpaired) electrons. The van der Waals surface area contributed by atoms with Crippen LogP contribution in [0.2, 0.25) is 0 Å². The van der Waals surface area contributed by atoms with E-state index >= 15 is 0 Å². The monoisotopic (exact) mass is 316 g/mol. The maximum Gasteiger partial charge on any atom is 0.418 e. The highest BCUT2D eigenvalue weighted by Gasteiger charge is 2.35. The zero-order valence-electron chi connectivity index (χ0n) is 10.2. The number of benzene rings is 1. The van der Waals surface area contributed by atoms with Crippen LogP contribution in [0.5, 0.6) is 0 Å². The van der Waals surface area contributed by atoms with E-state index in [9.17, 15) is 28.1 Å². The summed E-state index contributed by atoms with van der Waals surface area (Å²) in [5.41, 5.74) is -2.48. The Kier molecular flexibility index (Phi) is 3.94. The fourth-order valence-corrected chi connectivity index (χ4v) is 2.20. The van der Waals surface area contributed by atoms with Gasteiger partial charge in [0.15, 0.2) is 0 Å². The molecule has 0 saturated carbocycles. The van der Waals surface area contributed by atoms with Gasteiger partial charge in [-0.2, -0.15) is 13.2 Å². The van der Waals surface area contributed by atoms with Crippen LogP contribution in [0.4, 0.5) is 24.5 Å². The van der Waals surface area contributed by atoms with Crippen LogP contribution in [-0.4, -0.2) is 10.8 Å². The lowest BCUT2D eigenvalue weighted by Crippen LogP contribution is -2.16. The van der Waals surface area contributed by atoms with Crippen molar-refractivity contribution >= 4 is 28.6 Å². The van der Waals surface area contributed by atoms with E-state index in [0.717, 1.165) is 23.5 Å². The van der Waals surface area contributed by atoms with E-state index in [2.05, 4.69) is 5.32 Å². The van der Waals surface area contributed by atoms with E-state index in [4.69, 9.17) is 0 Å². The number of nitro groups is 1. The number of nitrogens with one attached hydrogen (secondary N) is 1. The van der Waals surface area contributed by atoms with Crippen molar-refractivity contribution in [3.05, 3.63) is 56.3 Å². The van der Waals surface area contributed by atoms with Crippen LogP contribution in [0, 0.1) is 10.1 Å². The summed E-state index contributed by atoms with van der Waals surface area (Å²) in [6.07, 6.45) is -4.82. The third-order valence-electron chi connectivity index (χ3n) is 2.51. The van der Waals surface area contributed by atoms with Crippen LogP contribution >= 0.6 is 11.3 Å². The molecule has 1 aromatic carbocycles. The molecule has 0 aliphatic rings. The van der Waals surface area contributed by atoms with Gasteiger partial charge in [0, 0.05) is 12.1 Å². The van der Waals surface area contributed by atoms with Gasteiger partial charge < -0.3 is 5.32 Å². The number of hydrogen-bond acceptors (Lipinski definition) is 4. The molecule has 1 aromatic heterocycles. The minimum absolute atomic E-state index is 0.237. The number of halogens is 3. The number of rotatable bonds is 3. The van der Waals surface area contributed by atoms with Gasteiger partial charge in [-0.25, -0.2) is 0 Å². The summed E-state index contributed by atoms with van der Waals surface area (Å²) in [4.78, 5) is 21.6. The number of thiophene rings is 1. The minimum atomic E-state index is -4.82. The number of alkyl halides is 3. The highest BCUT2D eigenvalue weighted by Crippen LogP contribution is 2.37. The van der Waals surface area contributed by atoms with Crippen molar-refractivity contribution in [3.63, 3.8) is 0 Å². The Bertz CT molecular complexity index is 684. The Labute approximate surface area is 120 Å². The molecule has 0 fully saturated rings. The molecule has 0 aliphatic heterocycles. The van der Waals surface area contributed by atoms with E-state index < -0.39 is 33.9 Å². The molecule has 2 rings (SSSR count). The van der Waals surface area contributed by atoms with Crippen molar-refractivity contribution in [3.8, 4) is 0 Å². The first-order valence-corrected chi connectivity index (χ1v) is 6.37. The van der Waals surface area contributed by atoms with Crippen LogP contribution in [0.15, 0.2) is 35.7 Å². The first-order chi connectivity index (χ1) is 9.79. The first kappa shape index (κ1) is 15.0. The van der Waals surface area contributed by atoms with Crippen LogP contribution in [0.1, 0.15) is 15.2 Å². The van der Waals surface area contributed by atoms with Crippen molar-refractivity contribution in [2.45, 2.75) is 6.18 Å². The fraction of sp³-hybridized carbons (Fsp3) is 0.0833. The van der Waals surface area contributed by atoms with E-state index in [0.29, 0.717) is 6.07 Å². The van der Waals surface area contributed by atoms with Crippen molar-refractivity contribution < 1.29 is 22.9 Å². The van der Waals surface area contributed by atoms with Crippen LogP contribution in [0.25, 0.3) is 0 Å². The molecule has 9 heteroatoms. The standard InChI is InChI=1S/C12H7F3N2O3S/c13-12(14,15)8-6-7(17(19)20)3-4-9(8)16-11(18)10-2-1-5-21-10/h1-6H,(H,16,18). The number of non-ortho nitro benzene ring substituents is 1. The fourth-order valence-electron chi connectivity index (χ4n) is 1.58. The van der Waals surface area contributed by atoms with E-state index in [1.807, 2.05) is 0 Å². The Morgan fingerprint density at radius 3 is 2.52 bits per heavy atom. The van der Waals surface area contributed by atoms with Gasteiger partial charge >= 0.3 is 6.18 Å². The van der Waals surface area contributed by atoms with E-state index in [-0.39, 0.29) is 4.88 Å². The van der Waals surface area contributed by atoms with Gasteiger partial charge in [-0.1, -0.05) is 6.07 Å². The third-order valence-corrected chi connectivity index (χ3v) is 3.38. The normalized spacial score (nSPS) is 11.2. The van der Waals surface area contributed by atoms with Gasteiger partial charge in [-0.05, 0) is 17.5 Å². The number of amides is 1. The summed E-state index contributed by atoms with van der Waals surface area (Å²) < 4.78 is 38.7. The van der Waals surface area contributed by atoms with Crippen LogP contribution in [0.3, 0.4) is 0 Å². The zero-order valence-corrected chi connectivity index (χ0v) is 11.0. The molecular weight excluding hydrogens is 309 g/mol. The summed E-state index contributed by atoms with van der Waals surface area (Å²) in [5, 5.41) is 14.3. The predicted molar refractivity (Wildman–Crippen MR) is 70.4 cm³/mol. The quantitative estimate of drug-likeness (QED) is 0.689. The average Bonchev–Trinajstić information content (AvgIpc) is 2.91. The van der Waals surface area contributed by atoms with Crippen LogP contribution < -0.4 is 5.32 Å². The zero-order chi connectivity index (χ0) is 15.6. The van der Waals surface area contributed by atoms with E-state index in [1.165, 1.54) is 6.07 Å². The lowest BCUT2D eigenvalue weighted by molar-refractivity contribution is -0.385. The molecule has 0 saturated heterocycles. The molecule has 1 amide bonds.